The van der Waals surface area contributed by atoms with Crippen molar-refractivity contribution in [1.82, 2.24) is 5.32 Å². The van der Waals surface area contributed by atoms with Gasteiger partial charge in [0.2, 0.25) is 0 Å². The fourth-order valence-electron chi connectivity index (χ4n) is 3.06. The van der Waals surface area contributed by atoms with Gasteiger partial charge >= 0.3 is 5.97 Å². The summed E-state index contributed by atoms with van der Waals surface area (Å²) in [6.07, 6.45) is 13.3. The lowest BCUT2D eigenvalue weighted by Gasteiger charge is -2.27. The summed E-state index contributed by atoms with van der Waals surface area (Å²) in [5.41, 5.74) is 0. The van der Waals surface area contributed by atoms with E-state index in [1.54, 1.807) is 11.8 Å². The topological polar surface area (TPSA) is 38.3 Å². The van der Waals surface area contributed by atoms with Gasteiger partial charge in [0.1, 0.15) is 0 Å². The van der Waals surface area contributed by atoms with Gasteiger partial charge in [0, 0.05) is 11.3 Å². The van der Waals surface area contributed by atoms with Crippen LogP contribution < -0.4 is 5.32 Å². The number of carbonyl (C=O) groups excluding carboxylic acids is 1. The number of carbonyl (C=O) groups is 1. The highest BCUT2D eigenvalue weighted by Gasteiger charge is 2.21. The molecule has 0 aliphatic heterocycles. The van der Waals surface area contributed by atoms with Crippen LogP contribution in [0.4, 0.5) is 0 Å². The van der Waals surface area contributed by atoms with Crippen LogP contribution in [-0.2, 0) is 9.53 Å². The fraction of sp³-hybridized carbons (Fsp3) is 0.941. The molecule has 0 bridgehead atoms. The van der Waals surface area contributed by atoms with Gasteiger partial charge in [0.15, 0.2) is 0 Å². The lowest BCUT2D eigenvalue weighted by Crippen LogP contribution is -2.36. The van der Waals surface area contributed by atoms with Crippen LogP contribution in [-0.4, -0.2) is 36.7 Å². The first kappa shape index (κ1) is 18.8. The number of ether oxygens (including phenoxy) is 1. The predicted octanol–water partition coefficient (Wildman–Crippen LogP) is 4.15. The fourth-order valence-corrected chi connectivity index (χ4v) is 4.34. The van der Waals surface area contributed by atoms with Crippen LogP contribution in [0.15, 0.2) is 0 Å². The molecule has 0 aromatic heterocycles. The molecule has 0 aromatic carbocycles. The molecule has 0 radical (unpaired) electrons. The number of rotatable bonds is 5. The first-order chi connectivity index (χ1) is 10.3. The molecule has 0 saturated heterocycles. The largest absolute Gasteiger partial charge is 0.465 e. The quantitative estimate of drug-likeness (QED) is 0.773. The van der Waals surface area contributed by atoms with Crippen molar-refractivity contribution in [3.05, 3.63) is 0 Å². The highest BCUT2D eigenvalue weighted by Crippen LogP contribution is 2.26. The standard InChI is InChI=1S/C17H33NO2S/c1-3-20-17(19)14-21-16-13-11-9-7-5-4-6-8-10-12-15(16)18-2/h15-16,18H,3-14H2,1-2H3. The zero-order valence-corrected chi connectivity index (χ0v) is 14.7. The second kappa shape index (κ2) is 12.3. The summed E-state index contributed by atoms with van der Waals surface area (Å²) in [5.74, 6) is 0.430. The minimum atomic E-state index is -0.0662. The van der Waals surface area contributed by atoms with Crippen LogP contribution in [0.2, 0.25) is 0 Å². The number of thioether (sulfide) groups is 1. The molecule has 124 valence electrons. The summed E-state index contributed by atoms with van der Waals surface area (Å²) in [4.78, 5) is 11.6. The summed E-state index contributed by atoms with van der Waals surface area (Å²) >= 11 is 1.79. The van der Waals surface area contributed by atoms with Gasteiger partial charge in [-0.1, -0.05) is 51.4 Å². The predicted molar refractivity (Wildman–Crippen MR) is 91.9 cm³/mol. The average Bonchev–Trinajstić information content (AvgIpc) is 2.47. The van der Waals surface area contributed by atoms with E-state index in [1.165, 1.54) is 64.2 Å². The maximum absolute atomic E-state index is 11.6. The SMILES string of the molecule is CCOC(=O)CSC1CCCCCCCCCCC1NC. The smallest absolute Gasteiger partial charge is 0.315 e. The average molecular weight is 316 g/mol. The van der Waals surface area contributed by atoms with Crippen LogP contribution in [0.3, 0.4) is 0 Å². The van der Waals surface area contributed by atoms with E-state index in [-0.39, 0.29) is 5.97 Å². The molecule has 1 saturated carbocycles. The van der Waals surface area contributed by atoms with Crippen LogP contribution in [0.25, 0.3) is 0 Å². The number of esters is 1. The molecule has 4 heteroatoms. The van der Waals surface area contributed by atoms with Crippen molar-refractivity contribution < 1.29 is 9.53 Å². The van der Waals surface area contributed by atoms with E-state index in [4.69, 9.17) is 4.74 Å². The normalized spacial score (nSPS) is 25.6. The third kappa shape index (κ3) is 8.72. The van der Waals surface area contributed by atoms with Gasteiger partial charge < -0.3 is 10.1 Å². The zero-order valence-electron chi connectivity index (χ0n) is 13.9. The maximum atomic E-state index is 11.6. The van der Waals surface area contributed by atoms with E-state index in [9.17, 15) is 4.79 Å². The Balaban J connectivity index is 2.47. The monoisotopic (exact) mass is 315 g/mol. The highest BCUT2D eigenvalue weighted by molar-refractivity contribution is 8.00. The van der Waals surface area contributed by atoms with Crippen molar-refractivity contribution in [3.63, 3.8) is 0 Å². The van der Waals surface area contributed by atoms with Crippen molar-refractivity contribution >= 4 is 17.7 Å². The molecule has 2 atom stereocenters. The molecule has 1 N–H and O–H groups in total. The molecule has 0 amide bonds. The summed E-state index contributed by atoms with van der Waals surface area (Å²) in [5, 5.41) is 4.03. The molecule has 1 rings (SSSR count). The number of hydrogen-bond donors (Lipinski definition) is 1. The van der Waals surface area contributed by atoms with Crippen LogP contribution in [0, 0.1) is 0 Å². The number of hydrogen-bond acceptors (Lipinski definition) is 4. The third-order valence-corrected chi connectivity index (χ3v) is 5.69. The minimum absolute atomic E-state index is 0.0662. The Morgan fingerprint density at radius 1 is 1.05 bits per heavy atom. The molecule has 1 aliphatic rings. The Kier molecular flexibility index (Phi) is 11.1. The Labute approximate surface area is 135 Å². The van der Waals surface area contributed by atoms with E-state index < -0.39 is 0 Å². The van der Waals surface area contributed by atoms with Gasteiger partial charge in [0.05, 0.1) is 12.4 Å². The molecule has 2 unspecified atom stereocenters. The second-order valence-electron chi connectivity index (χ2n) is 5.96. The van der Waals surface area contributed by atoms with Crippen molar-refractivity contribution in [1.29, 1.82) is 0 Å². The van der Waals surface area contributed by atoms with E-state index in [0.29, 0.717) is 23.7 Å². The summed E-state index contributed by atoms with van der Waals surface area (Å²) in [7, 11) is 2.06. The van der Waals surface area contributed by atoms with Crippen LogP contribution in [0.1, 0.15) is 71.1 Å². The molecule has 0 spiro atoms. The molecule has 1 fully saturated rings. The van der Waals surface area contributed by atoms with E-state index in [2.05, 4.69) is 12.4 Å². The van der Waals surface area contributed by atoms with Gasteiger partial charge in [-0.2, -0.15) is 0 Å². The van der Waals surface area contributed by atoms with E-state index in [0.717, 1.165) is 0 Å². The van der Waals surface area contributed by atoms with Gasteiger partial charge in [-0.05, 0) is 26.8 Å². The summed E-state index contributed by atoms with van der Waals surface area (Å²) < 4.78 is 5.06. The second-order valence-corrected chi connectivity index (χ2v) is 7.18. The third-order valence-electron chi connectivity index (χ3n) is 4.29. The molecule has 1 aliphatic carbocycles. The molecule has 3 nitrogen and oxygen atoms in total. The van der Waals surface area contributed by atoms with Crippen molar-refractivity contribution in [3.8, 4) is 0 Å². The summed E-state index contributed by atoms with van der Waals surface area (Å²) in [6.45, 7) is 2.36. The van der Waals surface area contributed by atoms with Gasteiger partial charge in [-0.3, -0.25) is 4.79 Å². The van der Waals surface area contributed by atoms with Gasteiger partial charge in [-0.15, -0.1) is 11.8 Å². The Morgan fingerprint density at radius 2 is 1.62 bits per heavy atom. The molecular weight excluding hydrogens is 282 g/mol. The summed E-state index contributed by atoms with van der Waals surface area (Å²) in [6, 6.07) is 0.531. The van der Waals surface area contributed by atoms with Crippen molar-refractivity contribution in [2.75, 3.05) is 19.4 Å². The van der Waals surface area contributed by atoms with Gasteiger partial charge in [0.25, 0.3) is 0 Å². The van der Waals surface area contributed by atoms with Gasteiger partial charge in [-0.25, -0.2) is 0 Å². The first-order valence-corrected chi connectivity index (χ1v) is 9.77. The molecule has 0 heterocycles. The Hall–Kier alpha value is -0.220. The minimum Gasteiger partial charge on any atom is -0.465 e. The Bertz CT molecular complexity index is 274. The molecular formula is C17H33NO2S. The maximum Gasteiger partial charge on any atom is 0.315 e. The van der Waals surface area contributed by atoms with Crippen molar-refractivity contribution in [2.24, 2.45) is 0 Å². The zero-order chi connectivity index (χ0) is 15.3. The Morgan fingerprint density at radius 3 is 2.19 bits per heavy atom. The lowest BCUT2D eigenvalue weighted by atomic mass is 9.97. The highest BCUT2D eigenvalue weighted by atomic mass is 32.2. The van der Waals surface area contributed by atoms with Crippen LogP contribution >= 0.6 is 11.8 Å². The van der Waals surface area contributed by atoms with Crippen LogP contribution in [0.5, 0.6) is 0 Å². The lowest BCUT2D eigenvalue weighted by molar-refractivity contribution is -0.139. The van der Waals surface area contributed by atoms with E-state index in [1.807, 2.05) is 6.92 Å². The number of nitrogens with one attached hydrogen (secondary N) is 1. The van der Waals surface area contributed by atoms with E-state index >= 15 is 0 Å². The molecule has 0 aromatic rings. The first-order valence-electron chi connectivity index (χ1n) is 8.72. The molecule has 21 heavy (non-hydrogen) atoms. The van der Waals surface area contributed by atoms with Crippen molar-refractivity contribution in [2.45, 2.75) is 82.4 Å².